The number of thiophene rings is 1. The zero-order valence-corrected chi connectivity index (χ0v) is 20.3. The first-order valence-electron chi connectivity index (χ1n) is 11.9. The topological polar surface area (TPSA) is 40.6 Å². The van der Waals surface area contributed by atoms with Crippen LogP contribution in [-0.2, 0) is 16.0 Å². The predicted octanol–water partition coefficient (Wildman–Crippen LogP) is 5.96. The van der Waals surface area contributed by atoms with E-state index in [1.165, 1.54) is 17.0 Å². The third-order valence-electron chi connectivity index (χ3n) is 6.47. The maximum absolute atomic E-state index is 13.6. The van der Waals surface area contributed by atoms with Crippen LogP contribution in [0.4, 0.5) is 4.39 Å². The van der Waals surface area contributed by atoms with Gasteiger partial charge in [-0.15, -0.1) is 11.3 Å². The van der Waals surface area contributed by atoms with Crippen molar-refractivity contribution in [3.05, 3.63) is 57.5 Å². The summed E-state index contributed by atoms with van der Waals surface area (Å²) >= 11 is 1.70. The lowest BCUT2D eigenvalue weighted by atomic mass is 9.93. The number of rotatable bonds is 10. The first-order valence-corrected chi connectivity index (χ1v) is 12.7. The minimum atomic E-state index is -0.287. The minimum Gasteiger partial charge on any atom is -0.331 e. The molecule has 0 fully saturated rings. The second kappa shape index (κ2) is 11.6. The van der Waals surface area contributed by atoms with Crippen LogP contribution in [0.1, 0.15) is 81.3 Å². The fraction of sp³-hybridized carbons (Fsp3) is 0.538. The SMILES string of the molecule is CCCCCCC(=O)N(CC(=O)N1CCc2sccc2C1c1ccc(F)cc1)C(C)CC. The summed E-state index contributed by atoms with van der Waals surface area (Å²) < 4.78 is 13.6. The van der Waals surface area contributed by atoms with E-state index in [4.69, 9.17) is 0 Å². The molecular formula is C26H35FN2O2S. The summed E-state index contributed by atoms with van der Waals surface area (Å²) in [7, 11) is 0. The number of halogens is 1. The Hall–Kier alpha value is -2.21. The molecule has 174 valence electrons. The smallest absolute Gasteiger partial charge is 0.243 e. The van der Waals surface area contributed by atoms with Gasteiger partial charge in [-0.3, -0.25) is 9.59 Å². The maximum atomic E-state index is 13.6. The van der Waals surface area contributed by atoms with Crippen LogP contribution in [0.3, 0.4) is 0 Å². The highest BCUT2D eigenvalue weighted by Crippen LogP contribution is 2.38. The highest BCUT2D eigenvalue weighted by atomic mass is 32.1. The normalized spacial score (nSPS) is 16.5. The van der Waals surface area contributed by atoms with Gasteiger partial charge in [-0.1, -0.05) is 45.2 Å². The molecule has 32 heavy (non-hydrogen) atoms. The molecule has 0 radical (unpaired) electrons. The second-order valence-corrected chi connectivity index (χ2v) is 9.68. The zero-order valence-electron chi connectivity index (χ0n) is 19.5. The summed E-state index contributed by atoms with van der Waals surface area (Å²) in [5, 5.41) is 2.06. The van der Waals surface area contributed by atoms with E-state index in [-0.39, 0.29) is 36.3 Å². The molecule has 1 aliphatic heterocycles. The average Bonchev–Trinajstić information content (AvgIpc) is 3.28. The summed E-state index contributed by atoms with van der Waals surface area (Å²) in [6, 6.07) is 8.27. The minimum absolute atomic E-state index is 0.0170. The Balaban J connectivity index is 1.79. The number of carbonyl (C=O) groups is 2. The number of unbranched alkanes of at least 4 members (excludes halogenated alkanes) is 3. The van der Waals surface area contributed by atoms with E-state index in [1.54, 1.807) is 28.4 Å². The lowest BCUT2D eigenvalue weighted by molar-refractivity contribution is -0.143. The Morgan fingerprint density at radius 3 is 2.59 bits per heavy atom. The van der Waals surface area contributed by atoms with Gasteiger partial charge in [-0.05, 0) is 60.9 Å². The third kappa shape index (κ3) is 5.77. The van der Waals surface area contributed by atoms with Crippen molar-refractivity contribution in [3.8, 4) is 0 Å². The van der Waals surface area contributed by atoms with E-state index < -0.39 is 0 Å². The van der Waals surface area contributed by atoms with Crippen molar-refractivity contribution < 1.29 is 14.0 Å². The van der Waals surface area contributed by atoms with Crippen LogP contribution in [-0.4, -0.2) is 40.7 Å². The van der Waals surface area contributed by atoms with Crippen molar-refractivity contribution >= 4 is 23.2 Å². The van der Waals surface area contributed by atoms with Gasteiger partial charge >= 0.3 is 0 Å². The van der Waals surface area contributed by atoms with Crippen molar-refractivity contribution in [1.82, 2.24) is 9.80 Å². The molecule has 0 aliphatic carbocycles. The van der Waals surface area contributed by atoms with Crippen LogP contribution in [0.5, 0.6) is 0 Å². The predicted molar refractivity (Wildman–Crippen MR) is 128 cm³/mol. The summed E-state index contributed by atoms with van der Waals surface area (Å²) in [6.45, 7) is 6.92. The largest absolute Gasteiger partial charge is 0.331 e. The van der Waals surface area contributed by atoms with Crippen LogP contribution >= 0.6 is 11.3 Å². The Bertz CT molecular complexity index is 895. The quantitative estimate of drug-likeness (QED) is 0.412. The number of fused-ring (bicyclic) bond motifs is 1. The fourth-order valence-electron chi connectivity index (χ4n) is 4.38. The molecule has 2 unspecified atom stereocenters. The Morgan fingerprint density at radius 1 is 1.16 bits per heavy atom. The number of carbonyl (C=O) groups excluding carboxylic acids is 2. The lowest BCUT2D eigenvalue weighted by Gasteiger charge is -2.38. The molecule has 1 aromatic heterocycles. The lowest BCUT2D eigenvalue weighted by Crippen LogP contribution is -2.49. The molecule has 2 heterocycles. The first-order chi connectivity index (χ1) is 15.5. The van der Waals surface area contributed by atoms with Gasteiger partial charge in [0.15, 0.2) is 0 Å². The van der Waals surface area contributed by atoms with Gasteiger partial charge in [0.25, 0.3) is 0 Å². The van der Waals surface area contributed by atoms with E-state index in [0.717, 1.165) is 49.7 Å². The van der Waals surface area contributed by atoms with Crippen LogP contribution in [0.2, 0.25) is 0 Å². The molecular weight excluding hydrogens is 423 g/mol. The number of hydrogen-bond acceptors (Lipinski definition) is 3. The Morgan fingerprint density at radius 2 is 1.91 bits per heavy atom. The van der Waals surface area contributed by atoms with Crippen molar-refractivity contribution in [2.24, 2.45) is 0 Å². The fourth-order valence-corrected chi connectivity index (χ4v) is 5.29. The molecule has 2 amide bonds. The monoisotopic (exact) mass is 458 g/mol. The molecule has 2 aromatic rings. The summed E-state index contributed by atoms with van der Waals surface area (Å²) in [5.41, 5.74) is 2.02. The number of amides is 2. The standard InChI is InChI=1S/C26H35FN2O2S/c1-4-6-7-8-9-24(30)29(19(3)5-2)18-25(31)28-16-14-23-22(15-17-32-23)26(28)20-10-12-21(27)13-11-20/h10-13,15,17,19,26H,4-9,14,16,18H2,1-3H3. The van der Waals surface area contributed by atoms with Gasteiger partial charge < -0.3 is 9.80 Å². The average molecular weight is 459 g/mol. The van der Waals surface area contributed by atoms with E-state index >= 15 is 0 Å². The van der Waals surface area contributed by atoms with Gasteiger partial charge in [0, 0.05) is 23.9 Å². The number of nitrogens with zero attached hydrogens (tertiary/aromatic N) is 2. The van der Waals surface area contributed by atoms with Crippen LogP contribution in [0.25, 0.3) is 0 Å². The molecule has 0 spiro atoms. The highest BCUT2D eigenvalue weighted by Gasteiger charge is 2.34. The molecule has 0 N–H and O–H groups in total. The molecule has 1 aliphatic rings. The van der Waals surface area contributed by atoms with E-state index in [1.807, 2.05) is 18.7 Å². The molecule has 0 saturated heterocycles. The Labute approximate surface area is 195 Å². The van der Waals surface area contributed by atoms with Crippen molar-refractivity contribution in [3.63, 3.8) is 0 Å². The van der Waals surface area contributed by atoms with E-state index in [9.17, 15) is 14.0 Å². The molecule has 4 nitrogen and oxygen atoms in total. The molecule has 3 rings (SSSR count). The van der Waals surface area contributed by atoms with Crippen LogP contribution in [0, 0.1) is 5.82 Å². The number of benzene rings is 1. The third-order valence-corrected chi connectivity index (χ3v) is 7.46. The van der Waals surface area contributed by atoms with Gasteiger partial charge in [0.2, 0.25) is 11.8 Å². The van der Waals surface area contributed by atoms with Crippen LogP contribution < -0.4 is 0 Å². The van der Waals surface area contributed by atoms with Gasteiger partial charge in [0.1, 0.15) is 12.4 Å². The second-order valence-electron chi connectivity index (χ2n) is 8.68. The molecule has 6 heteroatoms. The van der Waals surface area contributed by atoms with Gasteiger partial charge in [-0.25, -0.2) is 4.39 Å². The highest BCUT2D eigenvalue weighted by molar-refractivity contribution is 7.10. The first kappa shape index (κ1) is 24.4. The molecule has 1 aromatic carbocycles. The molecule has 2 atom stereocenters. The van der Waals surface area contributed by atoms with Crippen molar-refractivity contribution in [2.45, 2.75) is 77.8 Å². The maximum Gasteiger partial charge on any atom is 0.243 e. The summed E-state index contributed by atoms with van der Waals surface area (Å²) in [6.07, 6.45) is 6.29. The molecule has 0 bridgehead atoms. The van der Waals surface area contributed by atoms with Crippen LogP contribution in [0.15, 0.2) is 35.7 Å². The Kier molecular flexibility index (Phi) is 8.85. The van der Waals surface area contributed by atoms with Gasteiger partial charge in [0.05, 0.1) is 6.04 Å². The van der Waals surface area contributed by atoms with E-state index in [2.05, 4.69) is 18.4 Å². The van der Waals surface area contributed by atoms with Gasteiger partial charge in [-0.2, -0.15) is 0 Å². The zero-order chi connectivity index (χ0) is 23.1. The van der Waals surface area contributed by atoms with E-state index in [0.29, 0.717) is 13.0 Å². The summed E-state index contributed by atoms with van der Waals surface area (Å²) in [5.74, 6) is -0.265. The van der Waals surface area contributed by atoms with Crippen molar-refractivity contribution in [1.29, 1.82) is 0 Å². The molecule has 0 saturated carbocycles. The van der Waals surface area contributed by atoms with Crippen molar-refractivity contribution in [2.75, 3.05) is 13.1 Å². The summed E-state index contributed by atoms with van der Waals surface area (Å²) in [4.78, 5) is 31.5. The number of hydrogen-bond donors (Lipinski definition) is 0.